The van der Waals surface area contributed by atoms with Gasteiger partial charge in [0, 0.05) is 5.39 Å². The monoisotopic (exact) mass is 319 g/mol. The Labute approximate surface area is 133 Å². The van der Waals surface area contributed by atoms with E-state index < -0.39 is 10.0 Å². The first-order chi connectivity index (χ1) is 9.80. The summed E-state index contributed by atoms with van der Waals surface area (Å²) in [5, 5.41) is 7.04. The van der Waals surface area contributed by atoms with E-state index in [4.69, 9.17) is 5.14 Å². The Morgan fingerprint density at radius 1 is 0.818 bits per heavy atom. The summed E-state index contributed by atoms with van der Waals surface area (Å²) in [7, 11) is -3.76. The second kappa shape index (κ2) is 5.07. The molecule has 0 aliphatic rings. The molecule has 4 heteroatoms. The minimum Gasteiger partial charge on any atom is -0.225 e. The molecule has 2 N–H and O–H groups in total. The molecule has 0 spiro atoms. The summed E-state index contributed by atoms with van der Waals surface area (Å²) >= 11 is 0. The molecule has 2 aromatic rings. The predicted octanol–water partition coefficient (Wildman–Crippen LogP) is 4.08. The summed E-state index contributed by atoms with van der Waals surface area (Å²) in [4.78, 5) is 0.204. The fraction of sp³-hybridized carbons (Fsp3) is 0.444. The summed E-state index contributed by atoms with van der Waals surface area (Å²) in [5.41, 5.74) is 2.00. The number of fused-ring (bicyclic) bond motifs is 1. The molecule has 0 aromatic heterocycles. The first-order valence-corrected chi connectivity index (χ1v) is 8.96. The topological polar surface area (TPSA) is 60.2 Å². The number of nitrogens with two attached hydrogens (primary N) is 1. The molecular formula is C18H25NO2S. The van der Waals surface area contributed by atoms with Gasteiger partial charge in [-0.25, -0.2) is 13.6 Å². The van der Waals surface area contributed by atoms with Crippen LogP contribution in [0.15, 0.2) is 35.2 Å². The van der Waals surface area contributed by atoms with E-state index in [2.05, 4.69) is 53.7 Å². The van der Waals surface area contributed by atoms with Crippen LogP contribution in [0.1, 0.15) is 52.7 Å². The summed E-state index contributed by atoms with van der Waals surface area (Å²) in [6.45, 7) is 12.6. The number of hydrogen-bond donors (Lipinski definition) is 1. The van der Waals surface area contributed by atoms with Gasteiger partial charge in [0.25, 0.3) is 0 Å². The van der Waals surface area contributed by atoms with Gasteiger partial charge in [0.1, 0.15) is 0 Å². The van der Waals surface area contributed by atoms with Crippen LogP contribution in [0.4, 0.5) is 0 Å². The average Bonchev–Trinajstić information content (AvgIpc) is 2.33. The molecule has 0 fully saturated rings. The zero-order chi connectivity index (χ0) is 16.9. The van der Waals surface area contributed by atoms with E-state index in [9.17, 15) is 8.42 Å². The lowest BCUT2D eigenvalue weighted by Crippen LogP contribution is -2.17. The Balaban J connectivity index is 2.89. The van der Waals surface area contributed by atoms with Crippen molar-refractivity contribution in [2.24, 2.45) is 5.14 Å². The van der Waals surface area contributed by atoms with E-state index in [-0.39, 0.29) is 15.7 Å². The molecule has 0 aliphatic heterocycles. The van der Waals surface area contributed by atoms with Gasteiger partial charge >= 0.3 is 0 Å². The van der Waals surface area contributed by atoms with Crippen molar-refractivity contribution in [1.82, 2.24) is 0 Å². The van der Waals surface area contributed by atoms with Crippen molar-refractivity contribution in [3.8, 4) is 0 Å². The highest BCUT2D eigenvalue weighted by Crippen LogP contribution is 2.33. The molecule has 0 aliphatic carbocycles. The Bertz CT molecular complexity index is 817. The van der Waals surface area contributed by atoms with Crippen LogP contribution in [0, 0.1) is 0 Å². The lowest BCUT2D eigenvalue weighted by atomic mass is 9.83. The van der Waals surface area contributed by atoms with Gasteiger partial charge in [-0.3, -0.25) is 0 Å². The zero-order valence-electron chi connectivity index (χ0n) is 14.2. The first-order valence-electron chi connectivity index (χ1n) is 7.42. The average molecular weight is 319 g/mol. The third-order valence-corrected chi connectivity index (χ3v) is 4.90. The maximum absolute atomic E-state index is 12.0. The maximum Gasteiger partial charge on any atom is 0.238 e. The lowest BCUT2D eigenvalue weighted by Gasteiger charge is -2.23. The minimum atomic E-state index is -3.76. The van der Waals surface area contributed by atoms with Crippen LogP contribution in [0.5, 0.6) is 0 Å². The molecule has 3 nitrogen and oxygen atoms in total. The van der Waals surface area contributed by atoms with Crippen molar-refractivity contribution in [3.63, 3.8) is 0 Å². The summed E-state index contributed by atoms with van der Waals surface area (Å²) in [6.07, 6.45) is 0. The van der Waals surface area contributed by atoms with Crippen molar-refractivity contribution in [2.45, 2.75) is 57.3 Å². The largest absolute Gasteiger partial charge is 0.238 e. The third-order valence-electron chi connectivity index (χ3n) is 3.95. The molecule has 0 saturated carbocycles. The van der Waals surface area contributed by atoms with Crippen LogP contribution in [-0.2, 0) is 20.9 Å². The molecule has 0 heterocycles. The third kappa shape index (κ3) is 3.33. The van der Waals surface area contributed by atoms with Crippen LogP contribution in [0.2, 0.25) is 0 Å². The number of sulfonamides is 1. The van der Waals surface area contributed by atoms with Gasteiger partial charge in [-0.2, -0.15) is 0 Å². The predicted molar refractivity (Wildman–Crippen MR) is 92.7 cm³/mol. The van der Waals surface area contributed by atoms with Crippen molar-refractivity contribution in [2.75, 3.05) is 0 Å². The molecule has 0 amide bonds. The van der Waals surface area contributed by atoms with Gasteiger partial charge in [-0.05, 0) is 33.4 Å². The second-order valence-electron chi connectivity index (χ2n) is 7.96. The molecule has 0 unspecified atom stereocenters. The SMILES string of the molecule is CC(C)(C)c1ccc2c(S(N)(=O)=O)cc(C(C)(C)C)cc2c1. The second-order valence-corrected chi connectivity index (χ2v) is 9.49. The van der Waals surface area contributed by atoms with E-state index >= 15 is 0 Å². The standard InChI is InChI=1S/C18H25NO2S/c1-17(2,3)13-7-8-15-12(9-13)10-14(18(4,5)6)11-16(15)22(19,20)21/h7-11H,1-6H3,(H2,19,20,21). The maximum atomic E-state index is 12.0. The minimum absolute atomic E-state index is 0.00762. The van der Waals surface area contributed by atoms with Crippen LogP contribution < -0.4 is 5.14 Å². The van der Waals surface area contributed by atoms with Crippen LogP contribution >= 0.6 is 0 Å². The quantitative estimate of drug-likeness (QED) is 0.861. The smallest absolute Gasteiger partial charge is 0.225 e. The van der Waals surface area contributed by atoms with Gasteiger partial charge in [0.2, 0.25) is 10.0 Å². The van der Waals surface area contributed by atoms with Crippen molar-refractivity contribution in [1.29, 1.82) is 0 Å². The lowest BCUT2D eigenvalue weighted by molar-refractivity contribution is 0.585. The highest BCUT2D eigenvalue weighted by molar-refractivity contribution is 7.89. The molecule has 0 bridgehead atoms. The van der Waals surface area contributed by atoms with E-state index in [0.717, 1.165) is 10.9 Å². The van der Waals surface area contributed by atoms with Gasteiger partial charge in [0.15, 0.2) is 0 Å². The van der Waals surface area contributed by atoms with Crippen molar-refractivity contribution < 1.29 is 8.42 Å². The highest BCUT2D eigenvalue weighted by atomic mass is 32.2. The normalized spacial score (nSPS) is 13.6. The molecule has 2 rings (SSSR count). The fourth-order valence-corrected chi connectivity index (χ4v) is 3.25. The first kappa shape index (κ1) is 17.0. The summed E-state index contributed by atoms with van der Waals surface area (Å²) < 4.78 is 24.0. The highest BCUT2D eigenvalue weighted by Gasteiger charge is 2.22. The fourth-order valence-electron chi connectivity index (χ4n) is 2.47. The zero-order valence-corrected chi connectivity index (χ0v) is 15.0. The van der Waals surface area contributed by atoms with Crippen LogP contribution in [-0.4, -0.2) is 8.42 Å². The van der Waals surface area contributed by atoms with Gasteiger partial charge < -0.3 is 0 Å². The Hall–Kier alpha value is -1.39. The van der Waals surface area contributed by atoms with Gasteiger partial charge in [-0.15, -0.1) is 0 Å². The molecule has 0 atom stereocenters. The van der Waals surface area contributed by atoms with E-state index in [1.54, 1.807) is 6.07 Å². The van der Waals surface area contributed by atoms with Crippen molar-refractivity contribution >= 4 is 20.8 Å². The van der Waals surface area contributed by atoms with E-state index in [1.165, 1.54) is 5.56 Å². The molecule has 0 radical (unpaired) electrons. The Morgan fingerprint density at radius 2 is 1.32 bits per heavy atom. The molecular weight excluding hydrogens is 294 g/mol. The Kier molecular flexibility index (Phi) is 3.91. The number of benzene rings is 2. The van der Waals surface area contributed by atoms with Crippen molar-refractivity contribution in [3.05, 3.63) is 41.5 Å². The van der Waals surface area contributed by atoms with Crippen LogP contribution in [0.3, 0.4) is 0 Å². The summed E-state index contributed by atoms with van der Waals surface area (Å²) in [5.74, 6) is 0. The van der Waals surface area contributed by atoms with Gasteiger partial charge in [-0.1, -0.05) is 65.8 Å². The molecule has 0 saturated heterocycles. The number of primary sulfonamides is 1. The van der Waals surface area contributed by atoms with E-state index in [1.807, 2.05) is 12.1 Å². The van der Waals surface area contributed by atoms with Gasteiger partial charge in [0.05, 0.1) is 4.90 Å². The Morgan fingerprint density at radius 3 is 1.77 bits per heavy atom. The molecule has 120 valence electrons. The number of hydrogen-bond acceptors (Lipinski definition) is 2. The summed E-state index contributed by atoms with van der Waals surface area (Å²) in [6, 6.07) is 9.68. The van der Waals surface area contributed by atoms with E-state index in [0.29, 0.717) is 5.39 Å². The van der Waals surface area contributed by atoms with Crippen LogP contribution in [0.25, 0.3) is 10.8 Å². The molecule has 2 aromatic carbocycles. The molecule has 22 heavy (non-hydrogen) atoms. The number of rotatable bonds is 1.